The third-order valence-corrected chi connectivity index (χ3v) is 11.3. The SMILES string of the molecule is CNc1cc2c(cc1OC(C)C)C(=O)N(C1CCN(CC3CCN(c4ccc(C(=O)NC5CCC(=O)NC5=O)c(F)c4)CC3)CC1)C2.O=Cc1cnn2cccnc12. The molecule has 0 aliphatic carbocycles. The molecule has 4 aliphatic heterocycles. The summed E-state index contributed by atoms with van der Waals surface area (Å²) < 4.78 is 22.5. The van der Waals surface area contributed by atoms with Crippen molar-refractivity contribution in [3.8, 4) is 5.75 Å². The molecule has 0 saturated carbocycles. The number of halogens is 1. The normalized spacial score (nSPS) is 19.1. The van der Waals surface area contributed by atoms with E-state index in [4.69, 9.17) is 4.74 Å². The molecule has 1 unspecified atom stereocenters. The van der Waals surface area contributed by atoms with Gasteiger partial charge in [-0.15, -0.1) is 0 Å². The lowest BCUT2D eigenvalue weighted by Crippen LogP contribution is -2.52. The first-order valence-electron chi connectivity index (χ1n) is 20.0. The fourth-order valence-electron chi connectivity index (χ4n) is 8.24. The van der Waals surface area contributed by atoms with Gasteiger partial charge in [0.2, 0.25) is 11.8 Å². The summed E-state index contributed by atoms with van der Waals surface area (Å²) in [6.07, 6.45) is 9.86. The van der Waals surface area contributed by atoms with E-state index in [1.165, 1.54) is 18.3 Å². The lowest BCUT2D eigenvalue weighted by Gasteiger charge is -2.40. The Morgan fingerprint density at radius 3 is 2.52 bits per heavy atom. The van der Waals surface area contributed by atoms with E-state index in [-0.39, 0.29) is 42.4 Å². The number of anilines is 2. The van der Waals surface area contributed by atoms with Gasteiger partial charge in [0.05, 0.1) is 29.1 Å². The van der Waals surface area contributed by atoms with Gasteiger partial charge in [0, 0.05) is 82.4 Å². The Morgan fingerprint density at radius 2 is 1.83 bits per heavy atom. The highest BCUT2D eigenvalue weighted by Crippen LogP contribution is 2.36. The van der Waals surface area contributed by atoms with Crippen molar-refractivity contribution in [2.75, 3.05) is 50.0 Å². The van der Waals surface area contributed by atoms with Crippen LogP contribution in [0.15, 0.2) is 55.0 Å². The first-order chi connectivity index (χ1) is 28.0. The second kappa shape index (κ2) is 17.7. The second-order valence-electron chi connectivity index (χ2n) is 15.6. The fourth-order valence-corrected chi connectivity index (χ4v) is 8.24. The maximum absolute atomic E-state index is 15.0. The molecular formula is C42H50FN9O6. The summed E-state index contributed by atoms with van der Waals surface area (Å²) in [5.41, 5.74) is 4.44. The standard InChI is InChI=1S/C35H45FN6O5.C7H5N3O/c1-21(2)47-31-18-27-23(16-30(31)37-3)20-42(35(27)46)24-10-12-40(13-11-24)19-22-8-14-41(15-9-22)25-4-5-26(28(36)17-25)33(44)38-29-6-7-32(43)39-34(29)45;11-5-6-4-9-10-3-1-2-8-7(6)10/h4-5,16-18,21-22,24,29,37H,6-15,19-20H2,1-3H3,(H,38,44)(H,39,43,45);1-5H. The average Bonchev–Trinajstić information content (AvgIpc) is 3.79. The number of nitrogens with zero attached hydrogens (tertiary/aromatic N) is 6. The number of carbonyl (C=O) groups is 5. The van der Waals surface area contributed by atoms with Gasteiger partial charge in [0.15, 0.2) is 11.9 Å². The summed E-state index contributed by atoms with van der Waals surface area (Å²) in [7, 11) is 1.87. The summed E-state index contributed by atoms with van der Waals surface area (Å²) in [6, 6.07) is 9.69. The van der Waals surface area contributed by atoms with Gasteiger partial charge in [-0.1, -0.05) is 0 Å². The van der Waals surface area contributed by atoms with E-state index in [2.05, 4.69) is 41.9 Å². The number of fused-ring (bicyclic) bond motifs is 2. The molecule has 0 radical (unpaired) electrons. The zero-order valence-electron chi connectivity index (χ0n) is 33.1. The molecule has 0 bridgehead atoms. The molecule has 4 aliphatic rings. The van der Waals surface area contributed by atoms with E-state index < -0.39 is 23.7 Å². The van der Waals surface area contributed by atoms with Crippen molar-refractivity contribution in [2.45, 2.75) is 77.1 Å². The minimum Gasteiger partial charge on any atom is -0.489 e. The Bertz CT molecular complexity index is 2180. The molecule has 1 atom stereocenters. The highest BCUT2D eigenvalue weighted by atomic mass is 19.1. The molecule has 16 heteroatoms. The van der Waals surface area contributed by atoms with Crippen LogP contribution in [-0.2, 0) is 16.1 Å². The summed E-state index contributed by atoms with van der Waals surface area (Å²) in [5, 5.41) is 11.8. The van der Waals surface area contributed by atoms with Crippen LogP contribution < -0.4 is 25.6 Å². The molecule has 2 aromatic heterocycles. The quantitative estimate of drug-likeness (QED) is 0.156. The van der Waals surface area contributed by atoms with Crippen LogP contribution in [0.5, 0.6) is 5.75 Å². The molecule has 58 heavy (non-hydrogen) atoms. The zero-order chi connectivity index (χ0) is 40.9. The topological polar surface area (TPSA) is 171 Å². The summed E-state index contributed by atoms with van der Waals surface area (Å²) >= 11 is 0. The van der Waals surface area contributed by atoms with Crippen molar-refractivity contribution in [2.24, 2.45) is 5.92 Å². The van der Waals surface area contributed by atoms with Gasteiger partial charge in [0.25, 0.3) is 11.8 Å². The van der Waals surface area contributed by atoms with Crippen LogP contribution in [0, 0.1) is 11.7 Å². The average molecular weight is 796 g/mol. The molecule has 15 nitrogen and oxygen atoms in total. The molecule has 4 aromatic rings. The number of carbonyl (C=O) groups excluding carboxylic acids is 5. The summed E-state index contributed by atoms with van der Waals surface area (Å²) in [4.78, 5) is 70.5. The van der Waals surface area contributed by atoms with Gasteiger partial charge in [-0.2, -0.15) is 5.10 Å². The monoisotopic (exact) mass is 795 g/mol. The molecule has 3 fully saturated rings. The number of benzene rings is 2. The van der Waals surface area contributed by atoms with Crippen molar-refractivity contribution < 1.29 is 33.1 Å². The number of piperidine rings is 3. The van der Waals surface area contributed by atoms with Gasteiger partial charge >= 0.3 is 0 Å². The number of imide groups is 1. The molecule has 0 spiro atoms. The number of likely N-dealkylation sites (tertiary alicyclic amines) is 1. The lowest BCUT2D eigenvalue weighted by molar-refractivity contribution is -0.134. The first-order valence-corrected chi connectivity index (χ1v) is 20.0. The van der Waals surface area contributed by atoms with Crippen molar-refractivity contribution >= 4 is 46.9 Å². The third-order valence-electron chi connectivity index (χ3n) is 11.3. The second-order valence-corrected chi connectivity index (χ2v) is 15.6. The zero-order valence-corrected chi connectivity index (χ0v) is 33.1. The number of hydrogen-bond acceptors (Lipinski definition) is 11. The Kier molecular flexibility index (Phi) is 12.3. The number of aldehydes is 1. The van der Waals surface area contributed by atoms with Crippen molar-refractivity contribution in [1.29, 1.82) is 0 Å². The smallest absolute Gasteiger partial charge is 0.254 e. The van der Waals surface area contributed by atoms with E-state index in [1.807, 2.05) is 31.9 Å². The van der Waals surface area contributed by atoms with E-state index in [9.17, 15) is 24.0 Å². The largest absolute Gasteiger partial charge is 0.489 e. The number of ether oxygens (including phenoxy) is 1. The highest BCUT2D eigenvalue weighted by Gasteiger charge is 2.36. The van der Waals surface area contributed by atoms with Crippen molar-refractivity contribution in [3.63, 3.8) is 0 Å². The van der Waals surface area contributed by atoms with Crippen molar-refractivity contribution in [1.82, 2.24) is 35.0 Å². The maximum Gasteiger partial charge on any atom is 0.254 e. The number of hydrogen-bond donors (Lipinski definition) is 3. The maximum atomic E-state index is 15.0. The predicted octanol–water partition coefficient (Wildman–Crippen LogP) is 4.07. The molecule has 3 saturated heterocycles. The predicted molar refractivity (Wildman–Crippen MR) is 214 cm³/mol. The first kappa shape index (κ1) is 40.3. The minimum atomic E-state index is -0.853. The van der Waals surface area contributed by atoms with Crippen LogP contribution in [0.4, 0.5) is 15.8 Å². The van der Waals surface area contributed by atoms with E-state index in [0.29, 0.717) is 29.4 Å². The third kappa shape index (κ3) is 8.96. The molecule has 6 heterocycles. The Labute approximate surface area is 336 Å². The summed E-state index contributed by atoms with van der Waals surface area (Å²) in [5.74, 6) is -0.886. The van der Waals surface area contributed by atoms with E-state index in [1.54, 1.807) is 29.0 Å². The van der Waals surface area contributed by atoms with Crippen LogP contribution in [-0.4, -0.2) is 112 Å². The minimum absolute atomic E-state index is 0.0218. The van der Waals surface area contributed by atoms with Gasteiger partial charge in [-0.3, -0.25) is 29.3 Å². The van der Waals surface area contributed by atoms with Gasteiger partial charge in [-0.05, 0) is 93.8 Å². The molecule has 2 aromatic carbocycles. The number of aromatic nitrogens is 3. The van der Waals surface area contributed by atoms with Crippen LogP contribution in [0.1, 0.15) is 89.0 Å². The molecule has 3 N–H and O–H groups in total. The number of amides is 4. The van der Waals surface area contributed by atoms with Crippen LogP contribution in [0.25, 0.3) is 5.65 Å². The van der Waals surface area contributed by atoms with Crippen LogP contribution in [0.3, 0.4) is 0 Å². The molecule has 306 valence electrons. The van der Waals surface area contributed by atoms with E-state index >= 15 is 4.39 Å². The molecular weight excluding hydrogens is 746 g/mol. The molecule has 4 amide bonds. The summed E-state index contributed by atoms with van der Waals surface area (Å²) in [6.45, 7) is 9.15. The Morgan fingerprint density at radius 1 is 1.05 bits per heavy atom. The van der Waals surface area contributed by atoms with Crippen LogP contribution in [0.2, 0.25) is 0 Å². The molecule has 8 rings (SSSR count). The Hall–Kier alpha value is -5.90. The van der Waals surface area contributed by atoms with Crippen LogP contribution >= 0.6 is 0 Å². The van der Waals surface area contributed by atoms with Gasteiger partial charge in [0.1, 0.15) is 17.6 Å². The lowest BCUT2D eigenvalue weighted by atomic mass is 9.94. The van der Waals surface area contributed by atoms with Gasteiger partial charge < -0.3 is 30.1 Å². The highest BCUT2D eigenvalue weighted by molar-refractivity contribution is 6.04. The number of nitrogens with one attached hydrogen (secondary N) is 3. The Balaban J connectivity index is 0.000000399. The fraction of sp³-hybridized carbons (Fsp3) is 0.452. The number of rotatable bonds is 10. The van der Waals surface area contributed by atoms with Crippen molar-refractivity contribution in [3.05, 3.63) is 83.1 Å². The van der Waals surface area contributed by atoms with E-state index in [0.717, 1.165) is 87.2 Å². The van der Waals surface area contributed by atoms with Gasteiger partial charge in [-0.25, -0.2) is 13.9 Å².